The van der Waals surface area contributed by atoms with Gasteiger partial charge in [-0.1, -0.05) is 23.7 Å². The number of nitro benzene ring substituents is 1. The van der Waals surface area contributed by atoms with Crippen LogP contribution in [0.2, 0.25) is 5.02 Å². The normalized spacial score (nSPS) is 13.4. The van der Waals surface area contributed by atoms with E-state index in [1.165, 1.54) is 43.5 Å². The summed E-state index contributed by atoms with van der Waals surface area (Å²) in [5, 5.41) is 15.0. The first-order valence-electron chi connectivity index (χ1n) is 8.40. The maximum atomic E-state index is 11.9. The first kappa shape index (κ1) is 20.8. The Kier molecular flexibility index (Phi) is 5.98. The minimum atomic E-state index is -0.900. The number of rotatable bonds is 6. The quantitative estimate of drug-likeness (QED) is 0.310. The van der Waals surface area contributed by atoms with Crippen LogP contribution in [0.4, 0.5) is 10.5 Å². The Hall–Kier alpha value is -3.92. The number of nitro groups is 1. The first-order chi connectivity index (χ1) is 14.3. The zero-order valence-electron chi connectivity index (χ0n) is 15.4. The number of methoxy groups -OCH3 is 1. The van der Waals surface area contributed by atoms with Gasteiger partial charge >= 0.3 is 6.03 Å². The summed E-state index contributed by atoms with van der Waals surface area (Å²) in [7, 11) is 1.38. The van der Waals surface area contributed by atoms with Crippen molar-refractivity contribution < 1.29 is 28.8 Å². The smallest absolute Gasteiger partial charge is 0.328 e. The van der Waals surface area contributed by atoms with Crippen LogP contribution >= 0.6 is 11.6 Å². The first-order valence-corrected chi connectivity index (χ1v) is 8.78. The zero-order valence-corrected chi connectivity index (χ0v) is 16.2. The highest BCUT2D eigenvalue weighted by Gasteiger charge is 2.28. The summed E-state index contributed by atoms with van der Waals surface area (Å²) in [6.07, 6.45) is 1.25. The van der Waals surface area contributed by atoms with E-state index in [1.54, 1.807) is 6.07 Å². The number of hydrogen-bond acceptors (Lipinski definition) is 7. The predicted octanol–water partition coefficient (Wildman–Crippen LogP) is 2.59. The highest BCUT2D eigenvalue weighted by Crippen LogP contribution is 2.37. The molecule has 0 saturated carbocycles. The van der Waals surface area contributed by atoms with Crippen molar-refractivity contribution in [2.24, 2.45) is 0 Å². The molecule has 0 spiro atoms. The molecule has 11 heteroatoms. The van der Waals surface area contributed by atoms with Gasteiger partial charge in [0, 0.05) is 12.1 Å². The van der Waals surface area contributed by atoms with E-state index >= 15 is 0 Å². The summed E-state index contributed by atoms with van der Waals surface area (Å²) in [5.74, 6) is -1.29. The third-order valence-electron chi connectivity index (χ3n) is 4.01. The SMILES string of the molecule is COc1cc(C=C2C(=O)NC(=O)NC2=O)cc(Cl)c1OCc1cccc([N+](=O)[O-])c1. The minimum absolute atomic E-state index is 0.00881. The number of imide groups is 2. The largest absolute Gasteiger partial charge is 0.493 e. The number of urea groups is 1. The van der Waals surface area contributed by atoms with Gasteiger partial charge in [-0.05, 0) is 29.3 Å². The molecule has 1 saturated heterocycles. The molecule has 0 radical (unpaired) electrons. The average molecular weight is 432 g/mol. The fraction of sp³-hybridized carbons (Fsp3) is 0.105. The molecular weight excluding hydrogens is 418 g/mol. The summed E-state index contributed by atoms with van der Waals surface area (Å²) >= 11 is 6.28. The molecule has 154 valence electrons. The van der Waals surface area contributed by atoms with Gasteiger partial charge < -0.3 is 9.47 Å². The van der Waals surface area contributed by atoms with E-state index in [0.29, 0.717) is 11.1 Å². The van der Waals surface area contributed by atoms with Crippen LogP contribution in [0.15, 0.2) is 42.0 Å². The van der Waals surface area contributed by atoms with Gasteiger partial charge in [0.1, 0.15) is 12.2 Å². The lowest BCUT2D eigenvalue weighted by atomic mass is 10.1. The van der Waals surface area contributed by atoms with Gasteiger partial charge in [-0.2, -0.15) is 0 Å². The zero-order chi connectivity index (χ0) is 21.8. The molecule has 3 rings (SSSR count). The van der Waals surface area contributed by atoms with Crippen LogP contribution < -0.4 is 20.1 Å². The number of carbonyl (C=O) groups is 3. The number of nitrogens with one attached hydrogen (secondary N) is 2. The average Bonchev–Trinajstić information content (AvgIpc) is 2.69. The van der Waals surface area contributed by atoms with Gasteiger partial charge in [-0.15, -0.1) is 0 Å². The van der Waals surface area contributed by atoms with E-state index in [9.17, 15) is 24.5 Å². The van der Waals surface area contributed by atoms with Gasteiger partial charge in [-0.3, -0.25) is 30.3 Å². The van der Waals surface area contributed by atoms with Crippen molar-refractivity contribution in [1.82, 2.24) is 10.6 Å². The minimum Gasteiger partial charge on any atom is -0.493 e. The molecule has 2 aromatic rings. The van der Waals surface area contributed by atoms with E-state index in [2.05, 4.69) is 0 Å². The third-order valence-corrected chi connectivity index (χ3v) is 4.29. The van der Waals surface area contributed by atoms with Crippen LogP contribution in [-0.2, 0) is 16.2 Å². The Morgan fingerprint density at radius 1 is 1.13 bits per heavy atom. The van der Waals surface area contributed by atoms with Crippen LogP contribution in [0.3, 0.4) is 0 Å². The Labute approximate surface area is 174 Å². The summed E-state index contributed by atoms with van der Waals surface area (Å²) in [5.41, 5.74) is 0.555. The lowest BCUT2D eigenvalue weighted by Crippen LogP contribution is -2.51. The van der Waals surface area contributed by atoms with Crippen molar-refractivity contribution in [3.05, 3.63) is 68.2 Å². The number of hydrogen-bond donors (Lipinski definition) is 2. The number of non-ortho nitro benzene ring substituents is 1. The number of nitrogens with zero attached hydrogens (tertiary/aromatic N) is 1. The standard InChI is InChI=1S/C19H14ClN3O7/c1-29-15-8-11(6-13-17(24)21-19(26)22-18(13)25)7-14(20)16(15)30-9-10-3-2-4-12(5-10)23(27)28/h2-8H,9H2,1H3,(H2,21,22,24,25,26). The van der Waals surface area contributed by atoms with Crippen molar-refractivity contribution in [1.29, 1.82) is 0 Å². The Balaban J connectivity index is 1.86. The molecule has 0 aromatic heterocycles. The Morgan fingerprint density at radius 3 is 2.47 bits per heavy atom. The highest BCUT2D eigenvalue weighted by molar-refractivity contribution is 6.33. The summed E-state index contributed by atoms with van der Waals surface area (Å²) in [4.78, 5) is 45.2. The number of carbonyl (C=O) groups excluding carboxylic acids is 3. The number of benzene rings is 2. The third kappa shape index (κ3) is 4.55. The molecule has 0 bridgehead atoms. The van der Waals surface area contributed by atoms with Crippen molar-refractivity contribution >= 4 is 41.2 Å². The van der Waals surface area contributed by atoms with Crippen LogP contribution in [0, 0.1) is 10.1 Å². The molecule has 1 aliphatic heterocycles. The maximum absolute atomic E-state index is 11.9. The fourth-order valence-corrected chi connectivity index (χ4v) is 2.93. The van der Waals surface area contributed by atoms with Crippen molar-refractivity contribution in [3.8, 4) is 11.5 Å². The number of barbiturate groups is 1. The van der Waals surface area contributed by atoms with E-state index in [4.69, 9.17) is 21.1 Å². The Bertz CT molecular complexity index is 1080. The van der Waals surface area contributed by atoms with E-state index in [0.717, 1.165) is 0 Å². The molecular formula is C19H14ClN3O7. The number of ether oxygens (including phenoxy) is 2. The van der Waals surface area contributed by atoms with Crippen molar-refractivity contribution in [2.75, 3.05) is 7.11 Å². The molecule has 10 nitrogen and oxygen atoms in total. The second-order valence-corrected chi connectivity index (χ2v) is 6.45. The van der Waals surface area contributed by atoms with E-state index in [1.807, 2.05) is 10.6 Å². The summed E-state index contributed by atoms with van der Waals surface area (Å²) in [6, 6.07) is 7.97. The molecule has 1 heterocycles. The van der Waals surface area contributed by atoms with Gasteiger partial charge in [-0.25, -0.2) is 4.79 Å². The van der Waals surface area contributed by atoms with Crippen LogP contribution in [-0.4, -0.2) is 29.9 Å². The lowest BCUT2D eigenvalue weighted by Gasteiger charge is -2.15. The topological polar surface area (TPSA) is 137 Å². The molecule has 1 aliphatic rings. The van der Waals surface area contributed by atoms with Gasteiger partial charge in [0.15, 0.2) is 11.5 Å². The molecule has 0 unspecified atom stereocenters. The molecule has 2 aromatic carbocycles. The highest BCUT2D eigenvalue weighted by atomic mass is 35.5. The van der Waals surface area contributed by atoms with E-state index in [-0.39, 0.29) is 34.4 Å². The van der Waals surface area contributed by atoms with E-state index < -0.39 is 22.8 Å². The molecule has 2 N–H and O–H groups in total. The molecule has 4 amide bonds. The monoisotopic (exact) mass is 431 g/mol. The van der Waals surface area contributed by atoms with Gasteiger partial charge in [0.2, 0.25) is 0 Å². The fourth-order valence-electron chi connectivity index (χ4n) is 2.65. The summed E-state index contributed by atoms with van der Waals surface area (Å²) in [6.45, 7) is -0.00881. The second kappa shape index (κ2) is 8.62. The number of amides is 4. The predicted molar refractivity (Wildman–Crippen MR) is 105 cm³/mol. The number of halogens is 1. The van der Waals surface area contributed by atoms with Crippen LogP contribution in [0.25, 0.3) is 6.08 Å². The second-order valence-electron chi connectivity index (χ2n) is 6.05. The summed E-state index contributed by atoms with van der Waals surface area (Å²) < 4.78 is 11.0. The molecule has 0 atom stereocenters. The molecule has 30 heavy (non-hydrogen) atoms. The lowest BCUT2D eigenvalue weighted by molar-refractivity contribution is -0.384. The molecule has 1 fully saturated rings. The Morgan fingerprint density at radius 2 is 1.83 bits per heavy atom. The van der Waals surface area contributed by atoms with Crippen LogP contribution in [0.1, 0.15) is 11.1 Å². The van der Waals surface area contributed by atoms with Crippen molar-refractivity contribution in [2.45, 2.75) is 6.61 Å². The van der Waals surface area contributed by atoms with Crippen molar-refractivity contribution in [3.63, 3.8) is 0 Å². The van der Waals surface area contributed by atoms with Gasteiger partial charge in [0.25, 0.3) is 17.5 Å². The van der Waals surface area contributed by atoms with Gasteiger partial charge in [0.05, 0.1) is 17.1 Å². The maximum Gasteiger partial charge on any atom is 0.328 e. The van der Waals surface area contributed by atoms with Crippen LogP contribution in [0.5, 0.6) is 11.5 Å². The molecule has 0 aliphatic carbocycles.